The molecule has 4 rings (SSSR count). The first-order chi connectivity index (χ1) is 11.8. The Morgan fingerprint density at radius 3 is 2.88 bits per heavy atom. The molecule has 1 fully saturated rings. The number of carbonyl (C=O) groups is 1. The highest BCUT2D eigenvalue weighted by atomic mass is 32.1. The third-order valence-corrected chi connectivity index (χ3v) is 5.81. The van der Waals surface area contributed by atoms with E-state index in [0.717, 1.165) is 35.7 Å². The summed E-state index contributed by atoms with van der Waals surface area (Å²) in [7, 11) is 0. The van der Waals surface area contributed by atoms with Gasteiger partial charge in [-0.1, -0.05) is 6.07 Å². The molecule has 3 aromatic rings. The summed E-state index contributed by atoms with van der Waals surface area (Å²) >= 11 is 3.27. The fraction of sp³-hybridized carbons (Fsp3) is 0.278. The van der Waals surface area contributed by atoms with Gasteiger partial charge in [0.25, 0.3) is 0 Å². The van der Waals surface area contributed by atoms with Crippen molar-refractivity contribution in [1.82, 2.24) is 14.9 Å². The zero-order valence-corrected chi connectivity index (χ0v) is 14.7. The van der Waals surface area contributed by atoms with Crippen LogP contribution < -0.4 is 0 Å². The van der Waals surface area contributed by atoms with Crippen molar-refractivity contribution in [2.45, 2.75) is 31.8 Å². The third-order valence-electron chi connectivity index (χ3n) is 4.01. The quantitative estimate of drug-likeness (QED) is 0.671. The molecule has 0 spiro atoms. The molecule has 0 aromatic carbocycles. The molecule has 122 valence electrons. The van der Waals surface area contributed by atoms with E-state index in [1.807, 2.05) is 28.5 Å². The Morgan fingerprint density at radius 2 is 2.17 bits per heavy atom. The van der Waals surface area contributed by atoms with Crippen molar-refractivity contribution in [3.8, 4) is 10.6 Å². The third kappa shape index (κ3) is 3.55. The largest absolute Gasteiger partial charge is 0.334 e. The standard InChI is InChI=1S/C18H17N3OS2/c22-17(21(15-5-6-15)11-16-4-2-8-23-16)9-14-12-24-18(20-14)13-3-1-7-19-10-13/h1-4,7-8,10,12,15H,5-6,9,11H2. The van der Waals surface area contributed by atoms with Crippen molar-refractivity contribution < 1.29 is 4.79 Å². The first-order valence-corrected chi connectivity index (χ1v) is 9.72. The maximum absolute atomic E-state index is 12.7. The van der Waals surface area contributed by atoms with Crippen LogP contribution >= 0.6 is 22.7 Å². The Balaban J connectivity index is 1.46. The number of rotatable bonds is 6. The summed E-state index contributed by atoms with van der Waals surface area (Å²) in [5, 5.41) is 4.96. The molecule has 1 aliphatic rings. The molecule has 24 heavy (non-hydrogen) atoms. The van der Waals surface area contributed by atoms with Crippen molar-refractivity contribution in [3.63, 3.8) is 0 Å². The molecule has 1 saturated carbocycles. The lowest BCUT2D eigenvalue weighted by atomic mass is 10.2. The smallest absolute Gasteiger partial charge is 0.229 e. The van der Waals surface area contributed by atoms with Crippen molar-refractivity contribution in [2.75, 3.05) is 0 Å². The van der Waals surface area contributed by atoms with Crippen molar-refractivity contribution >= 4 is 28.6 Å². The summed E-state index contributed by atoms with van der Waals surface area (Å²) in [6.45, 7) is 0.723. The van der Waals surface area contributed by atoms with Crippen LogP contribution in [0.4, 0.5) is 0 Å². The normalized spacial score (nSPS) is 13.8. The minimum atomic E-state index is 0.175. The van der Waals surface area contributed by atoms with Crippen LogP contribution in [0.2, 0.25) is 0 Å². The van der Waals surface area contributed by atoms with Crippen LogP contribution in [0.5, 0.6) is 0 Å². The number of hydrogen-bond donors (Lipinski definition) is 0. The topological polar surface area (TPSA) is 46.1 Å². The average Bonchev–Trinajstić information content (AvgIpc) is 3.11. The van der Waals surface area contributed by atoms with Crippen LogP contribution in [0.1, 0.15) is 23.4 Å². The first kappa shape index (κ1) is 15.5. The Hall–Kier alpha value is -2.05. The Bertz CT molecular complexity index is 810. The molecule has 0 radical (unpaired) electrons. The molecular weight excluding hydrogens is 338 g/mol. The summed E-state index contributed by atoms with van der Waals surface area (Å²) in [5.41, 5.74) is 1.85. The van der Waals surface area contributed by atoms with Crippen LogP contribution in [-0.2, 0) is 17.8 Å². The van der Waals surface area contributed by atoms with Gasteiger partial charge >= 0.3 is 0 Å². The molecule has 6 heteroatoms. The molecule has 4 nitrogen and oxygen atoms in total. The second kappa shape index (κ2) is 6.83. The average molecular weight is 355 g/mol. The van der Waals surface area contributed by atoms with Gasteiger partial charge in [0.1, 0.15) is 5.01 Å². The fourth-order valence-electron chi connectivity index (χ4n) is 2.64. The molecule has 3 aromatic heterocycles. The summed E-state index contributed by atoms with van der Waals surface area (Å²) in [5.74, 6) is 0.175. The highest BCUT2D eigenvalue weighted by Crippen LogP contribution is 2.30. The predicted octanol–water partition coefficient (Wildman–Crippen LogP) is 4.00. The molecule has 1 amide bonds. The van der Waals surface area contributed by atoms with Crippen LogP contribution in [0, 0.1) is 0 Å². The van der Waals surface area contributed by atoms with E-state index in [1.54, 1.807) is 35.1 Å². The predicted molar refractivity (Wildman–Crippen MR) is 96.9 cm³/mol. The summed E-state index contributed by atoms with van der Waals surface area (Å²) in [6, 6.07) is 8.44. The summed E-state index contributed by atoms with van der Waals surface area (Å²) in [6.07, 6.45) is 6.17. The lowest BCUT2D eigenvalue weighted by molar-refractivity contribution is -0.131. The van der Waals surface area contributed by atoms with Gasteiger partial charge in [0.15, 0.2) is 0 Å². The minimum Gasteiger partial charge on any atom is -0.334 e. The lowest BCUT2D eigenvalue weighted by Gasteiger charge is -2.21. The zero-order valence-electron chi connectivity index (χ0n) is 13.1. The van der Waals surface area contributed by atoms with Gasteiger partial charge in [-0.15, -0.1) is 22.7 Å². The van der Waals surface area contributed by atoms with Gasteiger partial charge in [-0.25, -0.2) is 4.98 Å². The monoisotopic (exact) mass is 355 g/mol. The van der Waals surface area contributed by atoms with Crippen molar-refractivity contribution in [1.29, 1.82) is 0 Å². The number of amides is 1. The molecule has 0 saturated heterocycles. The SMILES string of the molecule is O=C(Cc1csc(-c2cccnc2)n1)N(Cc1cccs1)C1CC1. The molecule has 0 unspecified atom stereocenters. The zero-order chi connectivity index (χ0) is 16.4. The number of pyridine rings is 1. The maximum atomic E-state index is 12.7. The molecule has 1 aliphatic carbocycles. The summed E-state index contributed by atoms with van der Waals surface area (Å²) in [4.78, 5) is 24.8. The van der Waals surface area contributed by atoms with E-state index in [4.69, 9.17) is 0 Å². The fourth-order valence-corrected chi connectivity index (χ4v) is 4.16. The van der Waals surface area contributed by atoms with Gasteiger partial charge < -0.3 is 4.90 Å². The van der Waals surface area contributed by atoms with Crippen LogP contribution in [0.15, 0.2) is 47.4 Å². The molecule has 0 atom stereocenters. The maximum Gasteiger partial charge on any atom is 0.229 e. The van der Waals surface area contributed by atoms with Crippen LogP contribution in [0.3, 0.4) is 0 Å². The van der Waals surface area contributed by atoms with Gasteiger partial charge in [0, 0.05) is 34.3 Å². The van der Waals surface area contributed by atoms with E-state index in [-0.39, 0.29) is 5.91 Å². The van der Waals surface area contributed by atoms with Crippen molar-refractivity contribution in [3.05, 3.63) is 58.0 Å². The Morgan fingerprint density at radius 1 is 1.25 bits per heavy atom. The molecule has 3 heterocycles. The minimum absolute atomic E-state index is 0.175. The Kier molecular flexibility index (Phi) is 4.40. The first-order valence-electron chi connectivity index (χ1n) is 7.96. The van der Waals surface area contributed by atoms with Crippen LogP contribution in [0.25, 0.3) is 10.6 Å². The van der Waals surface area contributed by atoms with Gasteiger partial charge in [-0.2, -0.15) is 0 Å². The van der Waals surface area contributed by atoms with Gasteiger partial charge in [-0.3, -0.25) is 9.78 Å². The molecule has 0 bridgehead atoms. The number of carbonyl (C=O) groups excluding carboxylic acids is 1. The molecular formula is C18H17N3OS2. The van der Waals surface area contributed by atoms with Gasteiger partial charge in [-0.05, 0) is 36.4 Å². The number of thiazole rings is 1. The highest BCUT2D eigenvalue weighted by Gasteiger charge is 2.32. The highest BCUT2D eigenvalue weighted by molar-refractivity contribution is 7.13. The van der Waals surface area contributed by atoms with Gasteiger partial charge in [0.2, 0.25) is 5.91 Å². The number of nitrogens with zero attached hydrogens (tertiary/aromatic N) is 3. The van der Waals surface area contributed by atoms with E-state index in [1.165, 1.54) is 4.88 Å². The van der Waals surface area contributed by atoms with E-state index >= 15 is 0 Å². The number of aromatic nitrogens is 2. The Labute approximate surface area is 148 Å². The lowest BCUT2D eigenvalue weighted by Crippen LogP contribution is -2.33. The van der Waals surface area contributed by atoms with Crippen LogP contribution in [-0.4, -0.2) is 26.8 Å². The number of hydrogen-bond acceptors (Lipinski definition) is 5. The van der Waals surface area contributed by atoms with E-state index in [0.29, 0.717) is 12.5 Å². The van der Waals surface area contributed by atoms with Gasteiger partial charge in [0.05, 0.1) is 18.7 Å². The second-order valence-corrected chi connectivity index (χ2v) is 7.78. The molecule has 0 aliphatic heterocycles. The second-order valence-electron chi connectivity index (χ2n) is 5.89. The van der Waals surface area contributed by atoms with Crippen molar-refractivity contribution in [2.24, 2.45) is 0 Å². The number of thiophene rings is 1. The van der Waals surface area contributed by atoms with E-state index in [2.05, 4.69) is 21.4 Å². The van der Waals surface area contributed by atoms with E-state index in [9.17, 15) is 4.79 Å². The molecule has 0 N–H and O–H groups in total. The summed E-state index contributed by atoms with van der Waals surface area (Å²) < 4.78 is 0. The van der Waals surface area contributed by atoms with E-state index < -0.39 is 0 Å².